The van der Waals surface area contributed by atoms with Gasteiger partial charge in [-0.05, 0) is 37.3 Å². The first-order valence-electron chi connectivity index (χ1n) is 7.41. The minimum Gasteiger partial charge on any atom is -0.497 e. The van der Waals surface area contributed by atoms with Crippen LogP contribution in [0.3, 0.4) is 0 Å². The number of hydrogen-bond donors (Lipinski definition) is 1. The third-order valence-electron chi connectivity index (χ3n) is 4.37. The van der Waals surface area contributed by atoms with Crippen LogP contribution in [0.2, 0.25) is 0 Å². The van der Waals surface area contributed by atoms with Crippen molar-refractivity contribution in [3.8, 4) is 5.75 Å². The highest BCUT2D eigenvalue weighted by Gasteiger charge is 2.52. The fourth-order valence-electron chi connectivity index (χ4n) is 3.16. The zero-order valence-electron chi connectivity index (χ0n) is 12.9. The number of Topliss-reactive ketones (excluding diaryl/α,β-unsaturated/α-hetero) is 1. The molecule has 0 radical (unpaired) electrons. The highest BCUT2D eigenvalue weighted by Crippen LogP contribution is 2.43. The smallest absolute Gasteiger partial charge is 0.205 e. The highest BCUT2D eigenvalue weighted by atomic mass is 32.1. The number of ketones is 1. The number of benzene rings is 1. The molecule has 1 saturated heterocycles. The summed E-state index contributed by atoms with van der Waals surface area (Å²) in [7, 11) is 1.62. The van der Waals surface area contributed by atoms with E-state index in [1.807, 2.05) is 42.2 Å². The van der Waals surface area contributed by atoms with Crippen molar-refractivity contribution < 1.29 is 14.6 Å². The maximum absolute atomic E-state index is 12.7. The van der Waals surface area contributed by atoms with Crippen LogP contribution >= 0.6 is 11.3 Å². The van der Waals surface area contributed by atoms with Crippen molar-refractivity contribution >= 4 is 33.6 Å². The first kappa shape index (κ1) is 14.4. The van der Waals surface area contributed by atoms with E-state index in [-0.39, 0.29) is 5.78 Å². The Labute approximate surface area is 137 Å². The van der Waals surface area contributed by atoms with Gasteiger partial charge in [-0.2, -0.15) is 0 Å². The van der Waals surface area contributed by atoms with Gasteiger partial charge in [-0.15, -0.1) is 11.3 Å². The molecule has 2 aliphatic rings. The van der Waals surface area contributed by atoms with Gasteiger partial charge in [0.05, 0.1) is 12.7 Å². The molecule has 0 saturated carbocycles. The molecule has 1 atom stereocenters. The Balaban J connectivity index is 1.80. The van der Waals surface area contributed by atoms with Gasteiger partial charge < -0.3 is 14.7 Å². The number of thiophene rings is 1. The zero-order chi connectivity index (χ0) is 16.2. The standard InChI is InChI=1S/C17H16N2O3S/c1-10-9-13-14(20)17(21)7-8-19(16(17)18-15(13)23-10)11-3-5-12(22-2)6-4-11/h3-6,9,21H,7-8H2,1-2H3. The molecule has 0 bridgehead atoms. The van der Waals surface area contributed by atoms with E-state index in [1.54, 1.807) is 7.11 Å². The monoisotopic (exact) mass is 328 g/mol. The molecule has 0 amide bonds. The van der Waals surface area contributed by atoms with Crippen LogP contribution in [0, 0.1) is 6.92 Å². The van der Waals surface area contributed by atoms with E-state index in [2.05, 4.69) is 4.99 Å². The van der Waals surface area contributed by atoms with Crippen LogP contribution in [-0.4, -0.2) is 36.0 Å². The topological polar surface area (TPSA) is 62.1 Å². The number of hydrogen-bond acceptors (Lipinski definition) is 6. The molecule has 2 aliphatic heterocycles. The first-order chi connectivity index (χ1) is 11.0. The molecule has 0 spiro atoms. The van der Waals surface area contributed by atoms with Gasteiger partial charge in [0.15, 0.2) is 11.4 Å². The lowest BCUT2D eigenvalue weighted by Gasteiger charge is -2.28. The molecule has 1 fully saturated rings. The number of fused-ring (bicyclic) bond motifs is 2. The number of aliphatic imine (C=N–C) groups is 1. The predicted octanol–water partition coefficient (Wildman–Crippen LogP) is 2.93. The van der Waals surface area contributed by atoms with Crippen molar-refractivity contribution in [3.05, 3.63) is 40.8 Å². The van der Waals surface area contributed by atoms with Gasteiger partial charge in [0, 0.05) is 23.5 Å². The van der Waals surface area contributed by atoms with Crippen molar-refractivity contribution in [2.24, 2.45) is 4.99 Å². The second-order valence-electron chi connectivity index (χ2n) is 5.80. The number of anilines is 1. The average Bonchev–Trinajstić information content (AvgIpc) is 3.09. The number of aliphatic hydroxyl groups is 1. The molecular weight excluding hydrogens is 312 g/mol. The van der Waals surface area contributed by atoms with Gasteiger partial charge in [0.2, 0.25) is 5.78 Å². The zero-order valence-corrected chi connectivity index (χ0v) is 13.7. The summed E-state index contributed by atoms with van der Waals surface area (Å²) in [6.45, 7) is 2.50. The fourth-order valence-corrected chi connectivity index (χ4v) is 4.04. The molecule has 6 heteroatoms. The average molecular weight is 328 g/mol. The molecular formula is C17H16N2O3S. The quantitative estimate of drug-likeness (QED) is 0.921. The number of rotatable bonds is 2. The minimum atomic E-state index is -1.51. The summed E-state index contributed by atoms with van der Waals surface area (Å²) in [4.78, 5) is 20.3. The SMILES string of the molecule is COc1ccc(N2CCC3(O)C(=O)c4cc(C)sc4N=C23)cc1. The van der Waals surface area contributed by atoms with E-state index in [9.17, 15) is 9.90 Å². The van der Waals surface area contributed by atoms with Crippen LogP contribution in [0.15, 0.2) is 35.3 Å². The van der Waals surface area contributed by atoms with E-state index in [0.717, 1.165) is 16.3 Å². The van der Waals surface area contributed by atoms with Crippen LogP contribution in [-0.2, 0) is 0 Å². The number of nitrogens with zero attached hydrogens (tertiary/aromatic N) is 2. The van der Waals surface area contributed by atoms with Crippen molar-refractivity contribution in [3.63, 3.8) is 0 Å². The molecule has 4 rings (SSSR count). The molecule has 23 heavy (non-hydrogen) atoms. The first-order valence-corrected chi connectivity index (χ1v) is 8.23. The van der Waals surface area contributed by atoms with Crippen molar-refractivity contribution in [1.29, 1.82) is 0 Å². The lowest BCUT2D eigenvalue weighted by molar-refractivity contribution is 0.0603. The van der Waals surface area contributed by atoms with Gasteiger partial charge in [-0.25, -0.2) is 4.99 Å². The second kappa shape index (κ2) is 4.91. The van der Waals surface area contributed by atoms with Crippen LogP contribution in [0.25, 0.3) is 0 Å². The molecule has 2 aromatic rings. The summed E-state index contributed by atoms with van der Waals surface area (Å²) in [5, 5.41) is 11.6. The molecule has 1 unspecified atom stereocenters. The lowest BCUT2D eigenvalue weighted by atomic mass is 9.90. The Morgan fingerprint density at radius 2 is 2.09 bits per heavy atom. The normalized spacial score (nSPS) is 22.7. The van der Waals surface area contributed by atoms with Crippen molar-refractivity contribution in [2.75, 3.05) is 18.6 Å². The summed E-state index contributed by atoms with van der Waals surface area (Å²) in [6, 6.07) is 9.35. The second-order valence-corrected chi connectivity index (χ2v) is 7.04. The van der Waals surface area contributed by atoms with Crippen LogP contribution < -0.4 is 9.64 Å². The fraction of sp³-hybridized carbons (Fsp3) is 0.294. The Morgan fingerprint density at radius 1 is 1.35 bits per heavy atom. The minimum absolute atomic E-state index is 0.238. The van der Waals surface area contributed by atoms with E-state index in [0.29, 0.717) is 29.4 Å². The number of carbonyl (C=O) groups excluding carboxylic acids is 1. The Kier molecular flexibility index (Phi) is 3.08. The molecule has 5 nitrogen and oxygen atoms in total. The number of methoxy groups -OCH3 is 1. The molecule has 1 aromatic heterocycles. The van der Waals surface area contributed by atoms with E-state index >= 15 is 0 Å². The van der Waals surface area contributed by atoms with Crippen LogP contribution in [0.5, 0.6) is 5.75 Å². The third-order valence-corrected chi connectivity index (χ3v) is 5.31. The number of ether oxygens (including phenoxy) is 1. The van der Waals surface area contributed by atoms with Crippen molar-refractivity contribution in [2.45, 2.75) is 18.9 Å². The van der Waals surface area contributed by atoms with Gasteiger partial charge in [-0.1, -0.05) is 0 Å². The predicted molar refractivity (Wildman–Crippen MR) is 90.4 cm³/mol. The number of amidine groups is 1. The van der Waals surface area contributed by atoms with Crippen molar-refractivity contribution in [1.82, 2.24) is 0 Å². The van der Waals surface area contributed by atoms with Gasteiger partial charge >= 0.3 is 0 Å². The van der Waals surface area contributed by atoms with Gasteiger partial charge in [0.1, 0.15) is 10.8 Å². The van der Waals surface area contributed by atoms with E-state index in [1.165, 1.54) is 11.3 Å². The Hall–Kier alpha value is -2.18. The Morgan fingerprint density at radius 3 is 2.78 bits per heavy atom. The maximum Gasteiger partial charge on any atom is 0.205 e. The molecule has 3 heterocycles. The van der Waals surface area contributed by atoms with Crippen LogP contribution in [0.1, 0.15) is 21.7 Å². The van der Waals surface area contributed by atoms with E-state index in [4.69, 9.17) is 4.74 Å². The molecule has 1 aromatic carbocycles. The summed E-state index contributed by atoms with van der Waals surface area (Å²) >= 11 is 1.48. The maximum atomic E-state index is 12.7. The van der Waals surface area contributed by atoms with E-state index < -0.39 is 5.60 Å². The molecule has 118 valence electrons. The van der Waals surface area contributed by atoms with Gasteiger partial charge in [-0.3, -0.25) is 4.79 Å². The third kappa shape index (κ3) is 2.02. The van der Waals surface area contributed by atoms with Crippen LogP contribution in [0.4, 0.5) is 10.7 Å². The molecule has 0 aliphatic carbocycles. The van der Waals surface area contributed by atoms with Gasteiger partial charge in [0.25, 0.3) is 0 Å². The summed E-state index contributed by atoms with van der Waals surface area (Å²) in [6.07, 6.45) is 0.352. The number of aryl methyl sites for hydroxylation is 1. The number of carbonyl (C=O) groups is 1. The summed E-state index contributed by atoms with van der Waals surface area (Å²) in [5.41, 5.74) is -0.0826. The molecule has 1 N–H and O–H groups in total. The lowest BCUT2D eigenvalue weighted by Crippen LogP contribution is -2.48. The summed E-state index contributed by atoms with van der Waals surface area (Å²) in [5.74, 6) is 0.959. The Bertz CT molecular complexity index is 825. The highest BCUT2D eigenvalue weighted by molar-refractivity contribution is 7.16. The largest absolute Gasteiger partial charge is 0.497 e. The summed E-state index contributed by atoms with van der Waals surface area (Å²) < 4.78 is 5.17.